The molecule has 1 aromatic carbocycles. The summed E-state index contributed by atoms with van der Waals surface area (Å²) in [7, 11) is 0. The van der Waals surface area contributed by atoms with E-state index in [1.807, 2.05) is 12.1 Å². The van der Waals surface area contributed by atoms with Crippen LogP contribution in [0.4, 0.5) is 0 Å². The van der Waals surface area contributed by atoms with Crippen LogP contribution in [0, 0.1) is 0 Å². The molecule has 0 unspecified atom stereocenters. The first-order valence-electron chi connectivity index (χ1n) is 6.99. The Bertz CT molecular complexity index is 404. The van der Waals surface area contributed by atoms with Gasteiger partial charge in [0.25, 0.3) is 0 Å². The zero-order chi connectivity index (χ0) is 13.1. The van der Waals surface area contributed by atoms with Crippen LogP contribution in [-0.2, 0) is 0 Å². The van der Waals surface area contributed by atoms with Crippen molar-refractivity contribution >= 4 is 5.78 Å². The van der Waals surface area contributed by atoms with Crippen LogP contribution in [-0.4, -0.2) is 29.8 Å². The van der Waals surface area contributed by atoms with Crippen LogP contribution in [0.15, 0.2) is 24.3 Å². The lowest BCUT2D eigenvalue weighted by molar-refractivity contribution is 0.0928. The quantitative estimate of drug-likeness (QED) is 0.715. The summed E-state index contributed by atoms with van der Waals surface area (Å²) in [6.45, 7) is 8.02. The predicted octanol–water partition coefficient (Wildman–Crippen LogP) is 3.48. The summed E-state index contributed by atoms with van der Waals surface area (Å²) in [5.74, 6) is 0.770. The maximum absolute atomic E-state index is 12.2. The number of hydrogen-bond acceptors (Lipinski definition) is 2. The van der Waals surface area contributed by atoms with E-state index in [1.165, 1.54) is 18.4 Å². The number of Topliss-reactive ketones (excluding diaryl/α,β-unsaturated/α-hetero) is 1. The smallest absolute Gasteiger partial charge is 0.176 e. The zero-order valence-electron chi connectivity index (χ0n) is 11.6. The zero-order valence-corrected chi connectivity index (χ0v) is 11.6. The van der Waals surface area contributed by atoms with Gasteiger partial charge in [0.05, 0.1) is 6.54 Å². The summed E-state index contributed by atoms with van der Waals surface area (Å²) < 4.78 is 0. The van der Waals surface area contributed by atoms with Gasteiger partial charge in [-0.15, -0.1) is 0 Å². The molecular formula is C16H23NO. The van der Waals surface area contributed by atoms with E-state index >= 15 is 0 Å². The highest BCUT2D eigenvalue weighted by Gasteiger charge is 2.29. The van der Waals surface area contributed by atoms with Crippen LogP contribution in [0.1, 0.15) is 55.5 Å². The molecule has 0 spiro atoms. The largest absolute Gasteiger partial charge is 0.293 e. The molecule has 0 aliphatic heterocycles. The summed E-state index contributed by atoms with van der Waals surface area (Å²) in [6, 6.07) is 8.75. The molecule has 0 aromatic heterocycles. The molecule has 0 amide bonds. The minimum atomic E-state index is 0.249. The van der Waals surface area contributed by atoms with Gasteiger partial charge in [-0.25, -0.2) is 0 Å². The Hall–Kier alpha value is -1.15. The molecule has 0 N–H and O–H groups in total. The van der Waals surface area contributed by atoms with Crippen molar-refractivity contribution < 1.29 is 4.79 Å². The van der Waals surface area contributed by atoms with E-state index in [2.05, 4.69) is 37.8 Å². The molecule has 1 aliphatic rings. The number of benzene rings is 1. The third kappa shape index (κ3) is 3.20. The van der Waals surface area contributed by atoms with Gasteiger partial charge in [-0.05, 0) is 30.9 Å². The molecule has 18 heavy (non-hydrogen) atoms. The molecule has 1 aromatic rings. The van der Waals surface area contributed by atoms with Crippen LogP contribution < -0.4 is 0 Å². The van der Waals surface area contributed by atoms with Gasteiger partial charge in [-0.3, -0.25) is 9.69 Å². The van der Waals surface area contributed by atoms with Gasteiger partial charge in [0, 0.05) is 11.6 Å². The number of carbonyl (C=O) groups is 1. The fourth-order valence-corrected chi connectivity index (χ4v) is 2.27. The molecule has 2 heteroatoms. The summed E-state index contributed by atoms with van der Waals surface area (Å²) in [5, 5.41) is 0. The van der Waals surface area contributed by atoms with Gasteiger partial charge >= 0.3 is 0 Å². The van der Waals surface area contributed by atoms with Crippen LogP contribution in [0.5, 0.6) is 0 Å². The number of ketones is 1. The lowest BCUT2D eigenvalue weighted by atomic mass is 10.0. The second-order valence-electron chi connectivity index (χ2n) is 5.49. The minimum Gasteiger partial charge on any atom is -0.293 e. The lowest BCUT2D eigenvalue weighted by Crippen LogP contribution is -2.31. The maximum Gasteiger partial charge on any atom is 0.176 e. The molecule has 0 saturated heterocycles. The molecule has 1 saturated carbocycles. The highest BCUT2D eigenvalue weighted by atomic mass is 16.1. The van der Waals surface area contributed by atoms with Crippen molar-refractivity contribution in [2.45, 2.75) is 45.6 Å². The van der Waals surface area contributed by atoms with E-state index in [1.54, 1.807) is 0 Å². The van der Waals surface area contributed by atoms with Crippen molar-refractivity contribution in [2.24, 2.45) is 0 Å². The number of hydrogen-bond donors (Lipinski definition) is 0. The average Bonchev–Trinajstić information content (AvgIpc) is 3.20. The third-order valence-electron chi connectivity index (χ3n) is 3.72. The molecule has 0 heterocycles. The summed E-state index contributed by atoms with van der Waals surface area (Å²) in [6.07, 6.45) is 2.51. The van der Waals surface area contributed by atoms with Gasteiger partial charge in [0.15, 0.2) is 5.78 Å². The monoisotopic (exact) mass is 245 g/mol. The Labute approximate surface area is 110 Å². The first kappa shape index (κ1) is 13.3. The fraction of sp³-hybridized carbons (Fsp3) is 0.562. The van der Waals surface area contributed by atoms with Gasteiger partial charge in [0.2, 0.25) is 0 Å². The van der Waals surface area contributed by atoms with Crippen molar-refractivity contribution in [3.05, 3.63) is 35.4 Å². The number of rotatable bonds is 6. The molecule has 98 valence electrons. The Morgan fingerprint density at radius 1 is 1.28 bits per heavy atom. The van der Waals surface area contributed by atoms with Gasteiger partial charge < -0.3 is 0 Å². The predicted molar refractivity (Wildman–Crippen MR) is 75.1 cm³/mol. The second-order valence-corrected chi connectivity index (χ2v) is 5.49. The standard InChI is InChI=1S/C16H23NO/c1-4-17(15-9-10-15)11-16(18)14-7-5-13(6-8-14)12(2)3/h5-8,12,15H,4,9-11H2,1-3H3. The van der Waals surface area contributed by atoms with Crippen molar-refractivity contribution in [1.29, 1.82) is 0 Å². The lowest BCUT2D eigenvalue weighted by Gasteiger charge is -2.18. The van der Waals surface area contributed by atoms with E-state index in [0.717, 1.165) is 12.1 Å². The van der Waals surface area contributed by atoms with E-state index in [0.29, 0.717) is 18.5 Å². The first-order chi connectivity index (χ1) is 8.61. The topological polar surface area (TPSA) is 20.3 Å². The molecule has 0 radical (unpaired) electrons. The molecule has 2 nitrogen and oxygen atoms in total. The summed E-state index contributed by atoms with van der Waals surface area (Å²) in [5.41, 5.74) is 2.14. The van der Waals surface area contributed by atoms with Crippen molar-refractivity contribution in [3.63, 3.8) is 0 Å². The Morgan fingerprint density at radius 3 is 2.33 bits per heavy atom. The second kappa shape index (κ2) is 5.66. The normalized spacial score (nSPS) is 15.4. The van der Waals surface area contributed by atoms with E-state index in [4.69, 9.17) is 0 Å². The molecule has 2 rings (SSSR count). The van der Waals surface area contributed by atoms with E-state index in [9.17, 15) is 4.79 Å². The van der Waals surface area contributed by atoms with Crippen molar-refractivity contribution in [1.82, 2.24) is 4.90 Å². The van der Waals surface area contributed by atoms with E-state index < -0.39 is 0 Å². The van der Waals surface area contributed by atoms with Crippen LogP contribution in [0.3, 0.4) is 0 Å². The minimum absolute atomic E-state index is 0.249. The molecule has 0 bridgehead atoms. The number of carbonyl (C=O) groups excluding carboxylic acids is 1. The Balaban J connectivity index is 1.99. The Kier molecular flexibility index (Phi) is 4.18. The summed E-state index contributed by atoms with van der Waals surface area (Å²) >= 11 is 0. The third-order valence-corrected chi connectivity index (χ3v) is 3.72. The first-order valence-corrected chi connectivity index (χ1v) is 6.99. The van der Waals surface area contributed by atoms with Gasteiger partial charge in [-0.2, -0.15) is 0 Å². The highest BCUT2D eigenvalue weighted by Crippen LogP contribution is 2.26. The van der Waals surface area contributed by atoms with Gasteiger partial charge in [0.1, 0.15) is 0 Å². The molecule has 0 atom stereocenters. The SMILES string of the molecule is CCN(CC(=O)c1ccc(C(C)C)cc1)C1CC1. The van der Waals surface area contributed by atoms with E-state index in [-0.39, 0.29) is 5.78 Å². The average molecular weight is 245 g/mol. The highest BCUT2D eigenvalue weighted by molar-refractivity contribution is 5.97. The van der Waals surface area contributed by atoms with Crippen LogP contribution in [0.25, 0.3) is 0 Å². The molecule has 1 aliphatic carbocycles. The van der Waals surface area contributed by atoms with Gasteiger partial charge in [-0.1, -0.05) is 45.0 Å². The molecular weight excluding hydrogens is 222 g/mol. The fourth-order valence-electron chi connectivity index (χ4n) is 2.27. The van der Waals surface area contributed by atoms with Crippen molar-refractivity contribution in [2.75, 3.05) is 13.1 Å². The number of likely N-dealkylation sites (N-methyl/N-ethyl adjacent to an activating group) is 1. The summed E-state index contributed by atoms with van der Waals surface area (Å²) in [4.78, 5) is 14.5. The maximum atomic E-state index is 12.2. The van der Waals surface area contributed by atoms with Crippen LogP contribution in [0.2, 0.25) is 0 Å². The van der Waals surface area contributed by atoms with Crippen LogP contribution >= 0.6 is 0 Å². The molecule has 1 fully saturated rings. The van der Waals surface area contributed by atoms with Crippen molar-refractivity contribution in [3.8, 4) is 0 Å². The number of nitrogens with zero attached hydrogens (tertiary/aromatic N) is 1. The Morgan fingerprint density at radius 2 is 1.89 bits per heavy atom.